The summed E-state index contributed by atoms with van der Waals surface area (Å²) in [6, 6.07) is 5.34. The second-order valence-electron chi connectivity index (χ2n) is 5.35. The Hall–Kier alpha value is -1.13. The third kappa shape index (κ3) is 2.49. The molecule has 2 heterocycles. The molecule has 4 heteroatoms. The van der Waals surface area contributed by atoms with E-state index in [0.29, 0.717) is 6.04 Å². The molecule has 1 N–H and O–H groups in total. The molecular formula is C14H19FN2O. The van der Waals surface area contributed by atoms with Gasteiger partial charge in [0.25, 0.3) is 0 Å². The van der Waals surface area contributed by atoms with Gasteiger partial charge in [-0.1, -0.05) is 0 Å². The lowest BCUT2D eigenvalue weighted by Gasteiger charge is -2.16. The third-order valence-electron chi connectivity index (χ3n) is 3.79. The predicted molar refractivity (Wildman–Crippen MR) is 68.4 cm³/mol. The van der Waals surface area contributed by atoms with E-state index in [1.165, 1.54) is 12.5 Å². The van der Waals surface area contributed by atoms with Crippen LogP contribution in [-0.4, -0.2) is 43.7 Å². The highest BCUT2D eigenvalue weighted by Crippen LogP contribution is 2.29. The van der Waals surface area contributed by atoms with Crippen LogP contribution < -0.4 is 10.1 Å². The molecule has 0 saturated carbocycles. The second kappa shape index (κ2) is 4.86. The summed E-state index contributed by atoms with van der Waals surface area (Å²) in [4.78, 5) is 2.33. The molecule has 0 aliphatic carbocycles. The average Bonchev–Trinajstić information content (AvgIpc) is 2.92. The van der Waals surface area contributed by atoms with Crippen molar-refractivity contribution in [3.63, 3.8) is 0 Å². The molecule has 0 spiro atoms. The molecule has 0 radical (unpaired) electrons. The molecule has 1 fully saturated rings. The van der Waals surface area contributed by atoms with Gasteiger partial charge in [-0.25, -0.2) is 4.39 Å². The van der Waals surface area contributed by atoms with Gasteiger partial charge in [0, 0.05) is 31.1 Å². The Morgan fingerprint density at radius 1 is 1.50 bits per heavy atom. The van der Waals surface area contributed by atoms with Gasteiger partial charge >= 0.3 is 0 Å². The Labute approximate surface area is 107 Å². The number of ether oxygens (including phenoxy) is 1. The normalized spacial score (nSPS) is 27.2. The number of rotatable bonds is 3. The number of nitrogens with zero attached hydrogens (tertiary/aromatic N) is 1. The SMILES string of the molecule is CN1CCC(NCC2Cc3cc(F)ccc3O2)C1. The number of hydrogen-bond acceptors (Lipinski definition) is 3. The topological polar surface area (TPSA) is 24.5 Å². The van der Waals surface area contributed by atoms with Gasteiger partial charge in [-0.15, -0.1) is 0 Å². The minimum absolute atomic E-state index is 0.146. The van der Waals surface area contributed by atoms with Crippen LogP contribution >= 0.6 is 0 Å². The molecule has 1 aromatic rings. The molecule has 2 aliphatic heterocycles. The van der Waals surface area contributed by atoms with Gasteiger partial charge in [0.1, 0.15) is 17.7 Å². The summed E-state index contributed by atoms with van der Waals surface area (Å²) < 4.78 is 18.9. The highest BCUT2D eigenvalue weighted by molar-refractivity contribution is 5.37. The van der Waals surface area contributed by atoms with E-state index in [4.69, 9.17) is 4.74 Å². The number of likely N-dealkylation sites (tertiary alicyclic amines) is 1. The Kier molecular flexibility index (Phi) is 3.22. The summed E-state index contributed by atoms with van der Waals surface area (Å²) in [6.07, 6.45) is 2.15. The highest BCUT2D eigenvalue weighted by atomic mass is 19.1. The lowest BCUT2D eigenvalue weighted by Crippen LogP contribution is -2.38. The molecule has 18 heavy (non-hydrogen) atoms. The van der Waals surface area contributed by atoms with E-state index in [0.717, 1.165) is 37.4 Å². The van der Waals surface area contributed by atoms with Crippen molar-refractivity contribution in [3.05, 3.63) is 29.6 Å². The van der Waals surface area contributed by atoms with Crippen LogP contribution in [0.1, 0.15) is 12.0 Å². The maximum atomic E-state index is 13.1. The fourth-order valence-corrected chi connectivity index (χ4v) is 2.80. The lowest BCUT2D eigenvalue weighted by molar-refractivity contribution is 0.221. The predicted octanol–water partition coefficient (Wildman–Crippen LogP) is 1.42. The minimum Gasteiger partial charge on any atom is -0.488 e. The number of fused-ring (bicyclic) bond motifs is 1. The van der Waals surface area contributed by atoms with Crippen LogP contribution in [0.2, 0.25) is 0 Å². The van der Waals surface area contributed by atoms with Gasteiger partial charge < -0.3 is 15.0 Å². The van der Waals surface area contributed by atoms with Crippen molar-refractivity contribution < 1.29 is 9.13 Å². The zero-order chi connectivity index (χ0) is 12.5. The maximum Gasteiger partial charge on any atom is 0.123 e. The van der Waals surface area contributed by atoms with Crippen LogP contribution in [0.3, 0.4) is 0 Å². The van der Waals surface area contributed by atoms with Crippen molar-refractivity contribution in [2.45, 2.75) is 25.0 Å². The first-order valence-corrected chi connectivity index (χ1v) is 6.58. The fourth-order valence-electron chi connectivity index (χ4n) is 2.80. The molecule has 2 atom stereocenters. The number of likely N-dealkylation sites (N-methyl/N-ethyl adjacent to an activating group) is 1. The van der Waals surface area contributed by atoms with E-state index < -0.39 is 0 Å². The van der Waals surface area contributed by atoms with Crippen LogP contribution in [0.25, 0.3) is 0 Å². The molecule has 3 rings (SSSR count). The largest absolute Gasteiger partial charge is 0.488 e. The smallest absolute Gasteiger partial charge is 0.123 e. The Bertz CT molecular complexity index is 438. The first-order chi connectivity index (χ1) is 8.70. The van der Waals surface area contributed by atoms with Gasteiger partial charge in [0.15, 0.2) is 0 Å². The molecule has 2 unspecified atom stereocenters. The van der Waals surface area contributed by atoms with Crippen molar-refractivity contribution in [2.75, 3.05) is 26.7 Å². The first-order valence-electron chi connectivity index (χ1n) is 6.58. The van der Waals surface area contributed by atoms with Crippen molar-refractivity contribution in [1.29, 1.82) is 0 Å². The fraction of sp³-hybridized carbons (Fsp3) is 0.571. The molecule has 1 aromatic carbocycles. The summed E-state index contributed by atoms with van der Waals surface area (Å²) in [7, 11) is 2.15. The maximum absolute atomic E-state index is 13.1. The van der Waals surface area contributed by atoms with E-state index in [1.54, 1.807) is 12.1 Å². The van der Waals surface area contributed by atoms with Gasteiger partial charge in [0.05, 0.1) is 0 Å². The monoisotopic (exact) mass is 250 g/mol. The summed E-state index contributed by atoms with van der Waals surface area (Å²) in [5.41, 5.74) is 0.991. The summed E-state index contributed by atoms with van der Waals surface area (Å²) >= 11 is 0. The number of halogens is 1. The Balaban J connectivity index is 1.52. The molecule has 1 saturated heterocycles. The van der Waals surface area contributed by atoms with E-state index in [2.05, 4.69) is 17.3 Å². The third-order valence-corrected chi connectivity index (χ3v) is 3.79. The standard InChI is InChI=1S/C14H19FN2O/c1-17-5-4-12(9-17)16-8-13-7-10-6-11(15)2-3-14(10)18-13/h2-3,6,12-13,16H,4-5,7-9H2,1H3. The summed E-state index contributed by atoms with van der Waals surface area (Å²) in [6.45, 7) is 3.11. The molecule has 2 aliphatic rings. The molecule has 0 amide bonds. The van der Waals surface area contributed by atoms with Gasteiger partial charge in [-0.05, 0) is 38.2 Å². The van der Waals surface area contributed by atoms with Crippen molar-refractivity contribution in [2.24, 2.45) is 0 Å². The van der Waals surface area contributed by atoms with Gasteiger partial charge in [0.2, 0.25) is 0 Å². The van der Waals surface area contributed by atoms with E-state index >= 15 is 0 Å². The number of nitrogens with one attached hydrogen (secondary N) is 1. The number of hydrogen-bond donors (Lipinski definition) is 1. The zero-order valence-electron chi connectivity index (χ0n) is 10.7. The molecular weight excluding hydrogens is 231 g/mol. The molecule has 0 aromatic heterocycles. The number of benzene rings is 1. The molecule has 98 valence electrons. The van der Waals surface area contributed by atoms with Crippen LogP contribution in [0, 0.1) is 5.82 Å². The zero-order valence-corrected chi connectivity index (χ0v) is 10.7. The first kappa shape index (κ1) is 11.9. The van der Waals surface area contributed by atoms with Crippen LogP contribution in [-0.2, 0) is 6.42 Å². The Morgan fingerprint density at radius 3 is 3.17 bits per heavy atom. The second-order valence-corrected chi connectivity index (χ2v) is 5.35. The Morgan fingerprint density at radius 2 is 2.39 bits per heavy atom. The van der Waals surface area contributed by atoms with Gasteiger partial charge in [-0.2, -0.15) is 0 Å². The average molecular weight is 250 g/mol. The van der Waals surface area contributed by atoms with Crippen molar-refractivity contribution in [3.8, 4) is 5.75 Å². The van der Waals surface area contributed by atoms with E-state index in [1.807, 2.05) is 0 Å². The lowest BCUT2D eigenvalue weighted by atomic mass is 10.1. The van der Waals surface area contributed by atoms with Crippen LogP contribution in [0.4, 0.5) is 4.39 Å². The summed E-state index contributed by atoms with van der Waals surface area (Å²) in [5.74, 6) is 0.662. The molecule has 0 bridgehead atoms. The quantitative estimate of drug-likeness (QED) is 0.878. The van der Waals surface area contributed by atoms with Crippen molar-refractivity contribution >= 4 is 0 Å². The molecule has 3 nitrogen and oxygen atoms in total. The summed E-state index contributed by atoms with van der Waals surface area (Å²) in [5, 5.41) is 3.54. The van der Waals surface area contributed by atoms with Gasteiger partial charge in [-0.3, -0.25) is 0 Å². The van der Waals surface area contributed by atoms with Crippen molar-refractivity contribution in [1.82, 2.24) is 10.2 Å². The highest BCUT2D eigenvalue weighted by Gasteiger charge is 2.25. The van der Waals surface area contributed by atoms with Crippen LogP contribution in [0.15, 0.2) is 18.2 Å². The van der Waals surface area contributed by atoms with E-state index in [9.17, 15) is 4.39 Å². The van der Waals surface area contributed by atoms with E-state index in [-0.39, 0.29) is 11.9 Å². The van der Waals surface area contributed by atoms with Crippen LogP contribution in [0.5, 0.6) is 5.75 Å². The minimum atomic E-state index is -0.177.